The van der Waals surface area contributed by atoms with Gasteiger partial charge in [-0.3, -0.25) is 9.78 Å². The fourth-order valence-electron chi connectivity index (χ4n) is 2.92. The average molecular weight is 408 g/mol. The summed E-state index contributed by atoms with van der Waals surface area (Å²) in [6, 6.07) is 11.9. The van der Waals surface area contributed by atoms with Crippen LogP contribution in [0.2, 0.25) is 5.15 Å². The number of halogens is 1. The van der Waals surface area contributed by atoms with Crippen LogP contribution in [0.1, 0.15) is 17.8 Å². The van der Waals surface area contributed by atoms with Crippen LogP contribution < -0.4 is 0 Å². The summed E-state index contributed by atoms with van der Waals surface area (Å²) in [5.41, 5.74) is 3.29. The molecule has 0 radical (unpaired) electrons. The molecule has 2 aromatic heterocycles. The maximum Gasteiger partial charge on any atom is 0.247 e. The monoisotopic (exact) mass is 407 g/mol. The van der Waals surface area contributed by atoms with Gasteiger partial charge in [0.2, 0.25) is 10.0 Å². The van der Waals surface area contributed by atoms with E-state index in [9.17, 15) is 8.42 Å². The average Bonchev–Trinajstić information content (AvgIpc) is 3.20. The summed E-state index contributed by atoms with van der Waals surface area (Å²) in [4.78, 5) is 0.0714. The maximum absolute atomic E-state index is 12.8. The third kappa shape index (κ3) is 4.07. The summed E-state index contributed by atoms with van der Waals surface area (Å²) in [6.45, 7) is 2.01. The van der Waals surface area contributed by atoms with Crippen molar-refractivity contribution in [3.63, 3.8) is 0 Å². The molecule has 0 spiro atoms. The second kappa shape index (κ2) is 7.84. The first-order chi connectivity index (χ1) is 12.8. The van der Waals surface area contributed by atoms with E-state index in [4.69, 9.17) is 11.6 Å². The Morgan fingerprint density at radius 1 is 1.26 bits per heavy atom. The standard InChI is InChI=1S/C18H22ClN5O2S/c1-13-17(18(19)24(3)22-13)27(25,26)23(2)11-7-10-15-12-16(21-20-15)14-8-5-4-6-9-14/h4-6,8-9,12H,7,10-11H2,1-3H3,(H,20,21). The quantitative estimate of drug-likeness (QED) is 0.652. The lowest BCUT2D eigenvalue weighted by Crippen LogP contribution is -2.28. The Balaban J connectivity index is 1.63. The van der Waals surface area contributed by atoms with Crippen LogP contribution in [-0.2, 0) is 23.5 Å². The van der Waals surface area contributed by atoms with Crippen LogP contribution in [0, 0.1) is 6.92 Å². The number of aromatic amines is 1. The molecule has 0 aliphatic rings. The summed E-state index contributed by atoms with van der Waals surface area (Å²) in [5, 5.41) is 11.5. The number of nitrogens with zero attached hydrogens (tertiary/aromatic N) is 4. The van der Waals surface area contributed by atoms with Gasteiger partial charge in [0.05, 0.1) is 11.4 Å². The van der Waals surface area contributed by atoms with E-state index in [2.05, 4.69) is 15.3 Å². The minimum Gasteiger partial charge on any atom is -0.282 e. The van der Waals surface area contributed by atoms with E-state index in [1.165, 1.54) is 8.99 Å². The Morgan fingerprint density at radius 3 is 2.59 bits per heavy atom. The van der Waals surface area contributed by atoms with Crippen LogP contribution in [0.5, 0.6) is 0 Å². The Kier molecular flexibility index (Phi) is 5.69. The summed E-state index contributed by atoms with van der Waals surface area (Å²) in [7, 11) is -0.502. The summed E-state index contributed by atoms with van der Waals surface area (Å²) in [5.74, 6) is 0. The number of aromatic nitrogens is 4. The summed E-state index contributed by atoms with van der Waals surface area (Å²) < 4.78 is 28.3. The summed E-state index contributed by atoms with van der Waals surface area (Å²) in [6.07, 6.45) is 1.35. The SMILES string of the molecule is Cc1nn(C)c(Cl)c1S(=O)(=O)N(C)CCCc1cc(-c2ccccc2)n[nH]1. The van der Waals surface area contributed by atoms with Gasteiger partial charge < -0.3 is 0 Å². The van der Waals surface area contributed by atoms with Crippen molar-refractivity contribution < 1.29 is 8.42 Å². The van der Waals surface area contributed by atoms with Gasteiger partial charge in [0.1, 0.15) is 10.0 Å². The van der Waals surface area contributed by atoms with Gasteiger partial charge in [-0.1, -0.05) is 41.9 Å². The molecule has 9 heteroatoms. The van der Waals surface area contributed by atoms with Crippen molar-refractivity contribution >= 4 is 21.6 Å². The van der Waals surface area contributed by atoms with Crippen molar-refractivity contribution in [2.24, 2.45) is 7.05 Å². The Bertz CT molecular complexity index is 1030. The minimum absolute atomic E-state index is 0.0714. The number of H-pyrrole nitrogens is 1. The van der Waals surface area contributed by atoms with Gasteiger partial charge in [-0.05, 0) is 25.8 Å². The number of aryl methyl sites for hydroxylation is 3. The molecule has 7 nitrogen and oxygen atoms in total. The van der Waals surface area contributed by atoms with E-state index in [1.807, 2.05) is 36.4 Å². The zero-order chi connectivity index (χ0) is 19.6. The normalized spacial score (nSPS) is 12.0. The van der Waals surface area contributed by atoms with Crippen molar-refractivity contribution in [2.45, 2.75) is 24.7 Å². The Hall–Kier alpha value is -2.16. The van der Waals surface area contributed by atoms with E-state index < -0.39 is 10.0 Å². The van der Waals surface area contributed by atoms with Gasteiger partial charge in [-0.25, -0.2) is 12.7 Å². The van der Waals surface area contributed by atoms with Crippen LogP contribution >= 0.6 is 11.6 Å². The predicted octanol–water partition coefficient (Wildman–Crippen LogP) is 3.03. The first-order valence-corrected chi connectivity index (χ1v) is 10.4. The Morgan fingerprint density at radius 2 is 1.96 bits per heavy atom. The lowest BCUT2D eigenvalue weighted by atomic mass is 10.1. The van der Waals surface area contributed by atoms with Crippen LogP contribution in [0.15, 0.2) is 41.3 Å². The van der Waals surface area contributed by atoms with Crippen LogP contribution in [0.4, 0.5) is 0 Å². The van der Waals surface area contributed by atoms with E-state index in [1.54, 1.807) is 21.0 Å². The van der Waals surface area contributed by atoms with Gasteiger partial charge in [-0.2, -0.15) is 10.2 Å². The van der Waals surface area contributed by atoms with Gasteiger partial charge in [0.15, 0.2) is 0 Å². The fourth-order valence-corrected chi connectivity index (χ4v) is 4.83. The molecule has 0 aliphatic carbocycles. The molecule has 144 valence electrons. The van der Waals surface area contributed by atoms with E-state index >= 15 is 0 Å². The van der Waals surface area contributed by atoms with Crippen LogP contribution in [-0.4, -0.2) is 46.3 Å². The topological polar surface area (TPSA) is 83.9 Å². The molecule has 2 heterocycles. The minimum atomic E-state index is -3.68. The maximum atomic E-state index is 12.8. The zero-order valence-corrected chi connectivity index (χ0v) is 17.0. The smallest absolute Gasteiger partial charge is 0.247 e. The Labute approximate surface area is 164 Å². The third-order valence-electron chi connectivity index (χ3n) is 4.39. The van der Waals surface area contributed by atoms with Gasteiger partial charge in [-0.15, -0.1) is 0 Å². The number of hydrogen-bond acceptors (Lipinski definition) is 4. The molecular weight excluding hydrogens is 386 g/mol. The van der Waals surface area contributed by atoms with E-state index in [-0.39, 0.29) is 10.0 Å². The second-order valence-corrected chi connectivity index (χ2v) is 8.74. The van der Waals surface area contributed by atoms with Crippen LogP contribution in [0.25, 0.3) is 11.3 Å². The van der Waals surface area contributed by atoms with Gasteiger partial charge in [0, 0.05) is 31.9 Å². The molecule has 0 aliphatic heterocycles. The molecule has 27 heavy (non-hydrogen) atoms. The first-order valence-electron chi connectivity index (χ1n) is 8.56. The highest BCUT2D eigenvalue weighted by Crippen LogP contribution is 2.27. The number of sulfonamides is 1. The molecule has 0 unspecified atom stereocenters. The molecule has 1 aromatic carbocycles. The number of nitrogens with one attached hydrogen (secondary N) is 1. The summed E-state index contributed by atoms with van der Waals surface area (Å²) >= 11 is 6.11. The van der Waals surface area contributed by atoms with Crippen molar-refractivity contribution in [1.82, 2.24) is 24.3 Å². The van der Waals surface area contributed by atoms with Crippen molar-refractivity contribution in [3.05, 3.63) is 52.9 Å². The largest absolute Gasteiger partial charge is 0.282 e. The van der Waals surface area contributed by atoms with Crippen molar-refractivity contribution in [3.8, 4) is 11.3 Å². The molecule has 0 saturated carbocycles. The van der Waals surface area contributed by atoms with E-state index in [0.717, 1.165) is 17.0 Å². The van der Waals surface area contributed by atoms with Gasteiger partial charge in [0.25, 0.3) is 0 Å². The zero-order valence-electron chi connectivity index (χ0n) is 15.5. The molecule has 0 saturated heterocycles. The number of rotatable bonds is 7. The highest BCUT2D eigenvalue weighted by atomic mass is 35.5. The molecule has 0 amide bonds. The second-order valence-electron chi connectivity index (χ2n) is 6.40. The highest BCUT2D eigenvalue weighted by molar-refractivity contribution is 7.89. The van der Waals surface area contributed by atoms with Gasteiger partial charge >= 0.3 is 0 Å². The molecular formula is C18H22ClN5O2S. The molecule has 0 bridgehead atoms. The molecule has 3 rings (SSSR count). The van der Waals surface area contributed by atoms with Crippen molar-refractivity contribution in [1.29, 1.82) is 0 Å². The fraction of sp³-hybridized carbons (Fsp3) is 0.333. The van der Waals surface area contributed by atoms with E-state index in [0.29, 0.717) is 25.1 Å². The van der Waals surface area contributed by atoms with Crippen molar-refractivity contribution in [2.75, 3.05) is 13.6 Å². The molecule has 0 fully saturated rings. The lowest BCUT2D eigenvalue weighted by molar-refractivity contribution is 0.460. The third-order valence-corrected chi connectivity index (χ3v) is 6.94. The molecule has 1 N–H and O–H groups in total. The van der Waals surface area contributed by atoms with Crippen LogP contribution in [0.3, 0.4) is 0 Å². The number of hydrogen-bond donors (Lipinski definition) is 1. The lowest BCUT2D eigenvalue weighted by Gasteiger charge is -2.16. The molecule has 0 atom stereocenters. The first kappa shape index (κ1) is 19.6. The molecule has 3 aromatic rings. The number of benzene rings is 1. The highest BCUT2D eigenvalue weighted by Gasteiger charge is 2.28. The predicted molar refractivity (Wildman–Crippen MR) is 105 cm³/mol.